The topological polar surface area (TPSA) is 116 Å². The van der Waals surface area contributed by atoms with Gasteiger partial charge in [0, 0.05) is 11.8 Å². The van der Waals surface area contributed by atoms with Gasteiger partial charge in [-0.1, -0.05) is 48.5 Å². The zero-order valence-corrected chi connectivity index (χ0v) is 15.0. The second kappa shape index (κ2) is 8.17. The van der Waals surface area contributed by atoms with Crippen LogP contribution in [0.1, 0.15) is 17.3 Å². The minimum absolute atomic E-state index is 0.189. The Morgan fingerprint density at radius 2 is 1.64 bits per heavy atom. The molecule has 0 aliphatic carbocycles. The molecule has 28 heavy (non-hydrogen) atoms. The molecule has 0 aliphatic heterocycles. The molecule has 0 unspecified atom stereocenters. The van der Waals surface area contributed by atoms with Crippen LogP contribution in [0.15, 0.2) is 66.9 Å². The molecule has 1 aromatic heterocycles. The highest BCUT2D eigenvalue weighted by atomic mass is 16.5. The smallest absolute Gasteiger partial charge is 0.342 e. The number of carbonyl (C=O) groups is 3. The van der Waals surface area contributed by atoms with Crippen LogP contribution in [0, 0.1) is 0 Å². The van der Waals surface area contributed by atoms with Crippen LogP contribution in [0.4, 0.5) is 4.79 Å². The zero-order valence-electron chi connectivity index (χ0n) is 15.0. The van der Waals surface area contributed by atoms with Crippen molar-refractivity contribution in [2.75, 3.05) is 0 Å². The number of ether oxygens (including phenoxy) is 1. The minimum Gasteiger partial charge on any atom is -0.449 e. The van der Waals surface area contributed by atoms with E-state index in [9.17, 15) is 14.4 Å². The van der Waals surface area contributed by atoms with Gasteiger partial charge >= 0.3 is 12.0 Å². The number of imide groups is 1. The number of primary amides is 1. The lowest BCUT2D eigenvalue weighted by molar-refractivity contribution is -0.127. The monoisotopic (exact) mass is 378 g/mol. The van der Waals surface area contributed by atoms with E-state index in [2.05, 4.69) is 5.10 Å². The van der Waals surface area contributed by atoms with E-state index >= 15 is 0 Å². The summed E-state index contributed by atoms with van der Waals surface area (Å²) in [6.45, 7) is 1.35. The predicted molar refractivity (Wildman–Crippen MR) is 102 cm³/mol. The highest BCUT2D eigenvalue weighted by Crippen LogP contribution is 2.24. The third-order valence-corrected chi connectivity index (χ3v) is 3.90. The standard InChI is InChI=1S/C20H18N4O4/c1-13(18(25)22-20(21)27)28-19(26)16-12-24(15-10-6-3-7-11-15)23-17(16)14-8-4-2-5-9-14/h2-13H,1H3,(H3,21,22,25,27)/t13-/m0/s1. The number of esters is 1. The van der Waals surface area contributed by atoms with Gasteiger partial charge in [0.15, 0.2) is 6.10 Å². The normalized spacial score (nSPS) is 11.5. The van der Waals surface area contributed by atoms with Gasteiger partial charge in [-0.2, -0.15) is 5.10 Å². The molecule has 0 bridgehead atoms. The van der Waals surface area contributed by atoms with Crippen molar-refractivity contribution in [2.45, 2.75) is 13.0 Å². The Hall–Kier alpha value is -3.94. The first-order chi connectivity index (χ1) is 13.5. The van der Waals surface area contributed by atoms with E-state index in [4.69, 9.17) is 10.5 Å². The van der Waals surface area contributed by atoms with Gasteiger partial charge in [-0.3, -0.25) is 10.1 Å². The Morgan fingerprint density at radius 3 is 2.25 bits per heavy atom. The highest BCUT2D eigenvalue weighted by Gasteiger charge is 2.24. The van der Waals surface area contributed by atoms with E-state index in [1.54, 1.807) is 10.9 Å². The van der Waals surface area contributed by atoms with Crippen LogP contribution in [0.25, 0.3) is 16.9 Å². The number of hydrogen-bond donors (Lipinski definition) is 2. The van der Waals surface area contributed by atoms with Gasteiger partial charge in [0.1, 0.15) is 11.3 Å². The average molecular weight is 378 g/mol. The van der Waals surface area contributed by atoms with Gasteiger partial charge in [0.25, 0.3) is 5.91 Å². The molecule has 142 valence electrons. The lowest BCUT2D eigenvalue weighted by atomic mass is 10.1. The van der Waals surface area contributed by atoms with Crippen LogP contribution in [0.2, 0.25) is 0 Å². The Bertz CT molecular complexity index is 1000. The summed E-state index contributed by atoms with van der Waals surface area (Å²) in [4.78, 5) is 35.3. The van der Waals surface area contributed by atoms with Crippen molar-refractivity contribution in [1.82, 2.24) is 15.1 Å². The summed E-state index contributed by atoms with van der Waals surface area (Å²) in [5.41, 5.74) is 7.00. The van der Waals surface area contributed by atoms with E-state index in [1.807, 2.05) is 66.0 Å². The molecule has 3 N–H and O–H groups in total. The molecule has 3 amide bonds. The molecule has 1 heterocycles. The first-order valence-electron chi connectivity index (χ1n) is 8.47. The second-order valence-corrected chi connectivity index (χ2v) is 5.94. The van der Waals surface area contributed by atoms with Gasteiger partial charge in [-0.05, 0) is 19.1 Å². The van der Waals surface area contributed by atoms with Crippen molar-refractivity contribution in [2.24, 2.45) is 5.73 Å². The summed E-state index contributed by atoms with van der Waals surface area (Å²) in [5.74, 6) is -1.55. The van der Waals surface area contributed by atoms with Crippen molar-refractivity contribution in [1.29, 1.82) is 0 Å². The molecule has 8 heteroatoms. The number of nitrogens with zero attached hydrogens (tertiary/aromatic N) is 2. The van der Waals surface area contributed by atoms with Crippen LogP contribution >= 0.6 is 0 Å². The molecule has 0 saturated heterocycles. The van der Waals surface area contributed by atoms with Gasteiger partial charge < -0.3 is 10.5 Å². The predicted octanol–water partition coefficient (Wildman–Crippen LogP) is 2.28. The molecule has 0 aliphatic rings. The molecule has 3 rings (SSSR count). The molecule has 0 fully saturated rings. The molecular weight excluding hydrogens is 360 g/mol. The average Bonchev–Trinajstić information content (AvgIpc) is 3.14. The van der Waals surface area contributed by atoms with E-state index < -0.39 is 24.0 Å². The maximum Gasteiger partial charge on any atom is 0.342 e. The minimum atomic E-state index is -1.20. The lowest BCUT2D eigenvalue weighted by Gasteiger charge is -2.11. The highest BCUT2D eigenvalue weighted by molar-refractivity contribution is 6.00. The quantitative estimate of drug-likeness (QED) is 0.661. The zero-order chi connectivity index (χ0) is 20.1. The fourth-order valence-corrected chi connectivity index (χ4v) is 2.55. The third-order valence-electron chi connectivity index (χ3n) is 3.90. The Labute approximate surface area is 160 Å². The number of carbonyl (C=O) groups excluding carboxylic acids is 3. The number of urea groups is 1. The molecule has 3 aromatic rings. The number of para-hydroxylation sites is 1. The molecule has 0 saturated carbocycles. The summed E-state index contributed by atoms with van der Waals surface area (Å²) in [5, 5.41) is 6.39. The van der Waals surface area contributed by atoms with Crippen molar-refractivity contribution >= 4 is 17.9 Å². The van der Waals surface area contributed by atoms with Gasteiger partial charge in [-0.15, -0.1) is 0 Å². The van der Waals surface area contributed by atoms with E-state index in [0.29, 0.717) is 5.69 Å². The van der Waals surface area contributed by atoms with Crippen molar-refractivity contribution < 1.29 is 19.1 Å². The number of amides is 3. The first kappa shape index (κ1) is 18.8. The number of aromatic nitrogens is 2. The van der Waals surface area contributed by atoms with Crippen molar-refractivity contribution in [3.05, 3.63) is 72.4 Å². The van der Waals surface area contributed by atoms with Crippen molar-refractivity contribution in [3.8, 4) is 16.9 Å². The fraction of sp³-hybridized carbons (Fsp3) is 0.100. The summed E-state index contributed by atoms with van der Waals surface area (Å²) in [6, 6.07) is 17.4. The Morgan fingerprint density at radius 1 is 1.04 bits per heavy atom. The van der Waals surface area contributed by atoms with Gasteiger partial charge in [-0.25, -0.2) is 14.3 Å². The molecular formula is C20H18N4O4. The number of nitrogens with one attached hydrogen (secondary N) is 1. The third kappa shape index (κ3) is 4.24. The largest absolute Gasteiger partial charge is 0.449 e. The molecule has 8 nitrogen and oxygen atoms in total. The van der Waals surface area contributed by atoms with Crippen LogP contribution in [-0.4, -0.2) is 33.8 Å². The SMILES string of the molecule is C[C@H](OC(=O)c1cn(-c2ccccc2)nc1-c1ccccc1)C(=O)NC(N)=O. The van der Waals surface area contributed by atoms with E-state index in [0.717, 1.165) is 11.3 Å². The summed E-state index contributed by atoms with van der Waals surface area (Å²) >= 11 is 0. The maximum absolute atomic E-state index is 12.7. The van der Waals surface area contributed by atoms with Crippen LogP contribution < -0.4 is 11.1 Å². The van der Waals surface area contributed by atoms with E-state index in [1.165, 1.54) is 6.92 Å². The fourth-order valence-electron chi connectivity index (χ4n) is 2.55. The summed E-state index contributed by atoms with van der Waals surface area (Å²) in [7, 11) is 0. The Kier molecular flexibility index (Phi) is 5.50. The van der Waals surface area contributed by atoms with Crippen LogP contribution in [0.5, 0.6) is 0 Å². The lowest BCUT2D eigenvalue weighted by Crippen LogP contribution is -2.42. The summed E-state index contributed by atoms with van der Waals surface area (Å²) in [6.07, 6.45) is 0.335. The van der Waals surface area contributed by atoms with Gasteiger partial charge in [0.2, 0.25) is 0 Å². The molecule has 0 radical (unpaired) electrons. The van der Waals surface area contributed by atoms with Crippen LogP contribution in [-0.2, 0) is 9.53 Å². The molecule has 1 atom stereocenters. The first-order valence-corrected chi connectivity index (χ1v) is 8.47. The number of hydrogen-bond acceptors (Lipinski definition) is 5. The Balaban J connectivity index is 1.94. The van der Waals surface area contributed by atoms with Gasteiger partial charge in [0.05, 0.1) is 5.69 Å². The maximum atomic E-state index is 12.7. The molecule has 0 spiro atoms. The van der Waals surface area contributed by atoms with Crippen molar-refractivity contribution in [3.63, 3.8) is 0 Å². The molecule has 2 aromatic carbocycles. The second-order valence-electron chi connectivity index (χ2n) is 5.94. The van der Waals surface area contributed by atoms with Crippen LogP contribution in [0.3, 0.4) is 0 Å². The van der Waals surface area contributed by atoms with E-state index in [-0.39, 0.29) is 5.56 Å². The summed E-state index contributed by atoms with van der Waals surface area (Å²) < 4.78 is 6.76. The number of benzene rings is 2. The number of nitrogens with two attached hydrogens (primary N) is 1. The number of rotatable bonds is 5.